The zero-order valence-electron chi connectivity index (χ0n) is 7.35. The molecule has 0 aliphatic heterocycles. The second-order valence-corrected chi connectivity index (χ2v) is 4.12. The van der Waals surface area contributed by atoms with E-state index in [0.29, 0.717) is 4.47 Å². The molecule has 1 N–H and O–H groups in total. The Bertz CT molecular complexity index is 354. The molecule has 6 heteroatoms. The fourth-order valence-corrected chi connectivity index (χ4v) is 1.68. The summed E-state index contributed by atoms with van der Waals surface area (Å²) in [5.41, 5.74) is -1.08. The summed E-state index contributed by atoms with van der Waals surface area (Å²) in [6.45, 7) is 0. The van der Waals surface area contributed by atoms with E-state index >= 15 is 0 Å². The standard InChI is InChI=1S/C9H7BrClF3O/c10-5-1-2-6(8(15)4-11)7(3-5)9(12,13)14/h1-3,8,15H,4H2/t8-/m0/s1. The quantitative estimate of drug-likeness (QED) is 0.825. The van der Waals surface area contributed by atoms with Crippen molar-refractivity contribution in [1.82, 2.24) is 0 Å². The van der Waals surface area contributed by atoms with Crippen molar-refractivity contribution in [3.63, 3.8) is 0 Å². The number of alkyl halides is 4. The van der Waals surface area contributed by atoms with E-state index in [0.717, 1.165) is 6.07 Å². The van der Waals surface area contributed by atoms with Crippen LogP contribution in [0.4, 0.5) is 13.2 Å². The van der Waals surface area contributed by atoms with E-state index in [4.69, 9.17) is 11.6 Å². The topological polar surface area (TPSA) is 20.2 Å². The van der Waals surface area contributed by atoms with Gasteiger partial charge in [0.05, 0.1) is 17.5 Å². The maximum absolute atomic E-state index is 12.6. The largest absolute Gasteiger partial charge is 0.416 e. The van der Waals surface area contributed by atoms with Crippen LogP contribution in [0.1, 0.15) is 17.2 Å². The maximum atomic E-state index is 12.6. The summed E-state index contributed by atoms with van der Waals surface area (Å²) in [4.78, 5) is 0. The van der Waals surface area contributed by atoms with E-state index in [1.807, 2.05) is 0 Å². The Morgan fingerprint density at radius 1 is 1.40 bits per heavy atom. The summed E-state index contributed by atoms with van der Waals surface area (Å²) < 4.78 is 38.0. The molecule has 0 fully saturated rings. The normalized spacial score (nSPS) is 14.0. The average Bonchev–Trinajstić information content (AvgIpc) is 2.15. The molecular formula is C9H7BrClF3O. The number of aliphatic hydroxyl groups is 1. The Kier molecular flexibility index (Phi) is 4.03. The molecule has 0 saturated carbocycles. The summed E-state index contributed by atoms with van der Waals surface area (Å²) in [5, 5.41) is 9.32. The van der Waals surface area contributed by atoms with E-state index in [9.17, 15) is 18.3 Å². The van der Waals surface area contributed by atoms with Crippen LogP contribution >= 0.6 is 27.5 Å². The number of hydrogen-bond donors (Lipinski definition) is 1. The smallest absolute Gasteiger partial charge is 0.387 e. The van der Waals surface area contributed by atoms with Crippen LogP contribution in [0.15, 0.2) is 22.7 Å². The molecule has 0 aliphatic rings. The lowest BCUT2D eigenvalue weighted by Crippen LogP contribution is -2.12. The van der Waals surface area contributed by atoms with Crippen LogP contribution in [0, 0.1) is 0 Å². The van der Waals surface area contributed by atoms with Gasteiger partial charge in [-0.2, -0.15) is 13.2 Å². The van der Waals surface area contributed by atoms with Crippen LogP contribution in [0.5, 0.6) is 0 Å². The molecule has 0 aromatic heterocycles. The van der Waals surface area contributed by atoms with Crippen LogP contribution in [-0.4, -0.2) is 11.0 Å². The highest BCUT2D eigenvalue weighted by molar-refractivity contribution is 9.10. The first-order valence-electron chi connectivity index (χ1n) is 3.97. The van der Waals surface area contributed by atoms with Gasteiger partial charge in [-0.3, -0.25) is 0 Å². The summed E-state index contributed by atoms with van der Waals surface area (Å²) in [7, 11) is 0. The molecular weight excluding hydrogens is 296 g/mol. The lowest BCUT2D eigenvalue weighted by Gasteiger charge is -2.16. The number of aliphatic hydroxyl groups excluding tert-OH is 1. The van der Waals surface area contributed by atoms with Gasteiger partial charge < -0.3 is 5.11 Å². The van der Waals surface area contributed by atoms with Crippen LogP contribution < -0.4 is 0 Å². The molecule has 1 nitrogen and oxygen atoms in total. The van der Waals surface area contributed by atoms with Gasteiger partial charge in [0, 0.05) is 4.47 Å². The molecule has 0 bridgehead atoms. The van der Waals surface area contributed by atoms with E-state index < -0.39 is 17.8 Å². The minimum atomic E-state index is -4.49. The second kappa shape index (κ2) is 4.72. The lowest BCUT2D eigenvalue weighted by atomic mass is 10.0. The molecule has 0 saturated heterocycles. The van der Waals surface area contributed by atoms with Crippen molar-refractivity contribution < 1.29 is 18.3 Å². The monoisotopic (exact) mass is 302 g/mol. The number of rotatable bonds is 2. The Labute approximate surface area is 98.0 Å². The van der Waals surface area contributed by atoms with Gasteiger partial charge in [0.15, 0.2) is 0 Å². The second-order valence-electron chi connectivity index (χ2n) is 2.90. The van der Waals surface area contributed by atoms with Crippen molar-refractivity contribution >= 4 is 27.5 Å². The minimum absolute atomic E-state index is 0.208. The minimum Gasteiger partial charge on any atom is -0.387 e. The predicted octanol–water partition coefficient (Wildman–Crippen LogP) is 3.74. The highest BCUT2D eigenvalue weighted by Gasteiger charge is 2.34. The van der Waals surface area contributed by atoms with Gasteiger partial charge in [-0.15, -0.1) is 11.6 Å². The molecule has 1 atom stereocenters. The van der Waals surface area contributed by atoms with Crippen molar-refractivity contribution in [1.29, 1.82) is 0 Å². The van der Waals surface area contributed by atoms with E-state index in [1.165, 1.54) is 12.1 Å². The van der Waals surface area contributed by atoms with E-state index in [2.05, 4.69) is 15.9 Å². The number of halogens is 5. The summed E-state index contributed by atoms with van der Waals surface area (Å²) in [6, 6.07) is 3.56. The van der Waals surface area contributed by atoms with Crippen LogP contribution in [-0.2, 0) is 6.18 Å². The van der Waals surface area contributed by atoms with E-state index in [-0.39, 0.29) is 11.4 Å². The number of benzene rings is 1. The zero-order valence-corrected chi connectivity index (χ0v) is 9.70. The molecule has 0 spiro atoms. The molecule has 15 heavy (non-hydrogen) atoms. The number of hydrogen-bond acceptors (Lipinski definition) is 1. The molecule has 1 aromatic carbocycles. The first kappa shape index (κ1) is 12.8. The average molecular weight is 304 g/mol. The van der Waals surface area contributed by atoms with Crippen LogP contribution in [0.25, 0.3) is 0 Å². The Balaban J connectivity index is 3.27. The first-order chi connectivity index (χ1) is 6.86. The Morgan fingerprint density at radius 3 is 2.47 bits per heavy atom. The van der Waals surface area contributed by atoms with Crippen molar-refractivity contribution in [3.05, 3.63) is 33.8 Å². The van der Waals surface area contributed by atoms with E-state index in [1.54, 1.807) is 0 Å². The maximum Gasteiger partial charge on any atom is 0.416 e. The van der Waals surface area contributed by atoms with Crippen molar-refractivity contribution in [2.24, 2.45) is 0 Å². The van der Waals surface area contributed by atoms with Gasteiger partial charge in [-0.05, 0) is 17.7 Å². The fraction of sp³-hybridized carbons (Fsp3) is 0.333. The third-order valence-corrected chi connectivity index (χ3v) is 2.61. The Hall–Kier alpha value is -0.260. The highest BCUT2D eigenvalue weighted by atomic mass is 79.9. The van der Waals surface area contributed by atoms with Gasteiger partial charge >= 0.3 is 6.18 Å². The van der Waals surface area contributed by atoms with Crippen LogP contribution in [0.3, 0.4) is 0 Å². The molecule has 0 heterocycles. The summed E-state index contributed by atoms with van der Waals surface area (Å²) >= 11 is 8.26. The van der Waals surface area contributed by atoms with Gasteiger partial charge in [0.25, 0.3) is 0 Å². The molecule has 0 aliphatic carbocycles. The van der Waals surface area contributed by atoms with Crippen molar-refractivity contribution in [2.75, 3.05) is 5.88 Å². The van der Waals surface area contributed by atoms with Gasteiger partial charge in [-0.25, -0.2) is 0 Å². The molecule has 84 valence electrons. The van der Waals surface area contributed by atoms with Crippen molar-refractivity contribution in [3.8, 4) is 0 Å². The predicted molar refractivity (Wildman–Crippen MR) is 54.8 cm³/mol. The molecule has 1 rings (SSSR count). The van der Waals surface area contributed by atoms with Gasteiger partial charge in [0.1, 0.15) is 0 Å². The molecule has 0 radical (unpaired) electrons. The third-order valence-electron chi connectivity index (χ3n) is 1.83. The van der Waals surface area contributed by atoms with Crippen molar-refractivity contribution in [2.45, 2.75) is 12.3 Å². The Morgan fingerprint density at radius 2 is 2.00 bits per heavy atom. The SMILES string of the molecule is O[C@@H](CCl)c1ccc(Br)cc1C(F)(F)F. The molecule has 0 unspecified atom stereocenters. The third kappa shape index (κ3) is 3.09. The first-order valence-corrected chi connectivity index (χ1v) is 5.29. The summed E-state index contributed by atoms with van der Waals surface area (Å²) in [6.07, 6.45) is -5.80. The summed E-state index contributed by atoms with van der Waals surface area (Å²) in [5.74, 6) is -0.273. The van der Waals surface area contributed by atoms with Gasteiger partial charge in [0.2, 0.25) is 0 Å². The molecule has 1 aromatic rings. The molecule has 0 amide bonds. The van der Waals surface area contributed by atoms with Gasteiger partial charge in [-0.1, -0.05) is 22.0 Å². The lowest BCUT2D eigenvalue weighted by molar-refractivity contribution is -0.139. The zero-order chi connectivity index (χ0) is 11.6. The highest BCUT2D eigenvalue weighted by Crippen LogP contribution is 2.36. The fourth-order valence-electron chi connectivity index (χ4n) is 1.15. The van der Waals surface area contributed by atoms with Crippen LogP contribution in [0.2, 0.25) is 0 Å².